The smallest absolute Gasteiger partial charge is 0.0868 e. The topological polar surface area (TPSA) is 17.1 Å². The first kappa shape index (κ1) is 26.6. The highest BCUT2D eigenvalue weighted by atomic mass is 32.2. The Morgan fingerprint density at radius 3 is 0.722 bits per heavy atom. The lowest BCUT2D eigenvalue weighted by Gasteiger charge is -2.26. The minimum absolute atomic E-state index is 1.000. The van der Waals surface area contributed by atoms with Crippen molar-refractivity contribution in [1.82, 2.24) is 0 Å². The summed E-state index contributed by atoms with van der Waals surface area (Å²) in [5, 5.41) is 4.96. The van der Waals surface area contributed by atoms with Crippen molar-refractivity contribution in [1.29, 1.82) is 0 Å². The summed E-state index contributed by atoms with van der Waals surface area (Å²) in [5.41, 5.74) is 17.9. The predicted octanol–water partition coefficient (Wildman–Crippen LogP) is 9.48. The van der Waals surface area contributed by atoms with E-state index >= 15 is 4.21 Å². The molecule has 0 fully saturated rings. The molecule has 0 bridgehead atoms. The maximum absolute atomic E-state index is 15.1. The Morgan fingerprint density at radius 2 is 0.472 bits per heavy atom. The van der Waals surface area contributed by atoms with E-state index in [9.17, 15) is 0 Å². The van der Waals surface area contributed by atoms with E-state index in [1.807, 2.05) is 0 Å². The summed E-state index contributed by atoms with van der Waals surface area (Å²) in [6.07, 6.45) is 0. The van der Waals surface area contributed by atoms with Crippen molar-refractivity contribution in [2.45, 2.75) is 107 Å². The second kappa shape index (κ2) is 8.84. The fraction of sp³-hybridized carbons (Fsp3) is 0.412. The van der Waals surface area contributed by atoms with Crippen LogP contribution in [0.2, 0.25) is 0 Å². The average molecular weight is 499 g/mol. The van der Waals surface area contributed by atoms with Crippen LogP contribution in [-0.4, -0.2) is 4.21 Å². The minimum Gasteiger partial charge on any atom is -0.249 e. The standard InChI is InChI=1S/C34H42OS/c1-15-17(3)25(11)31-29(21(15)7)23(9)19(5)27(13)33(31)36(35)34-28(14)20(6)24(10)30-22(8)16(2)18(4)26(12)32(30)34/h1-14H3. The normalized spacial score (nSPS) is 12.0. The molecule has 0 radical (unpaired) electrons. The third kappa shape index (κ3) is 3.36. The number of benzene rings is 4. The molecule has 2 heteroatoms. The highest BCUT2D eigenvalue weighted by Crippen LogP contribution is 2.44. The third-order valence-corrected chi connectivity index (χ3v) is 11.6. The monoisotopic (exact) mass is 498 g/mol. The Labute approximate surface area is 220 Å². The van der Waals surface area contributed by atoms with Gasteiger partial charge in [-0.2, -0.15) is 0 Å². The first-order valence-electron chi connectivity index (χ1n) is 13.1. The number of aryl methyl sites for hydroxylation is 6. The van der Waals surface area contributed by atoms with Gasteiger partial charge in [0, 0.05) is 10.8 Å². The maximum atomic E-state index is 15.1. The Kier molecular flexibility index (Phi) is 6.53. The molecule has 0 saturated heterocycles. The van der Waals surface area contributed by atoms with E-state index in [2.05, 4.69) is 96.9 Å². The predicted molar refractivity (Wildman–Crippen MR) is 159 cm³/mol. The fourth-order valence-electron chi connectivity index (χ4n) is 6.35. The fourth-order valence-corrected chi connectivity index (χ4v) is 8.30. The quantitative estimate of drug-likeness (QED) is 0.269. The van der Waals surface area contributed by atoms with Crippen LogP contribution in [0.3, 0.4) is 0 Å². The van der Waals surface area contributed by atoms with Crippen LogP contribution in [-0.2, 0) is 10.8 Å². The van der Waals surface area contributed by atoms with Gasteiger partial charge in [0.25, 0.3) is 0 Å². The molecule has 1 nitrogen and oxygen atoms in total. The van der Waals surface area contributed by atoms with Gasteiger partial charge in [-0.15, -0.1) is 0 Å². The van der Waals surface area contributed by atoms with E-state index in [0.717, 1.165) is 20.9 Å². The van der Waals surface area contributed by atoms with Crippen molar-refractivity contribution in [3.63, 3.8) is 0 Å². The second-order valence-electron chi connectivity index (χ2n) is 11.2. The second-order valence-corrected chi connectivity index (χ2v) is 12.5. The van der Waals surface area contributed by atoms with Gasteiger partial charge in [0.05, 0.1) is 20.6 Å². The van der Waals surface area contributed by atoms with Gasteiger partial charge in [0.2, 0.25) is 0 Å². The van der Waals surface area contributed by atoms with Crippen molar-refractivity contribution < 1.29 is 4.21 Å². The average Bonchev–Trinajstić information content (AvgIpc) is 2.84. The Morgan fingerprint density at radius 1 is 0.278 bits per heavy atom. The summed E-state index contributed by atoms with van der Waals surface area (Å²) in [6, 6.07) is 0. The van der Waals surface area contributed by atoms with Crippen LogP contribution in [0.5, 0.6) is 0 Å². The van der Waals surface area contributed by atoms with Gasteiger partial charge < -0.3 is 0 Å². The summed E-state index contributed by atoms with van der Waals surface area (Å²) in [4.78, 5) is 2.00. The van der Waals surface area contributed by atoms with Gasteiger partial charge in [-0.1, -0.05) is 0 Å². The summed E-state index contributed by atoms with van der Waals surface area (Å²) >= 11 is 0. The zero-order valence-electron chi connectivity index (χ0n) is 24.8. The third-order valence-electron chi connectivity index (χ3n) is 9.88. The van der Waals surface area contributed by atoms with E-state index in [0.29, 0.717) is 0 Å². The molecule has 36 heavy (non-hydrogen) atoms. The van der Waals surface area contributed by atoms with Gasteiger partial charge in [0.1, 0.15) is 0 Å². The van der Waals surface area contributed by atoms with Crippen LogP contribution in [0.4, 0.5) is 0 Å². The molecule has 0 aromatic heterocycles. The molecule has 4 aromatic rings. The Bertz CT molecular complexity index is 1520. The van der Waals surface area contributed by atoms with Gasteiger partial charge >= 0.3 is 0 Å². The maximum Gasteiger partial charge on any atom is 0.0868 e. The summed E-state index contributed by atoms with van der Waals surface area (Å²) in [5.74, 6) is 0. The largest absolute Gasteiger partial charge is 0.249 e. The zero-order valence-corrected chi connectivity index (χ0v) is 25.6. The van der Waals surface area contributed by atoms with E-state index in [1.165, 1.54) is 88.3 Å². The van der Waals surface area contributed by atoms with Crippen LogP contribution >= 0.6 is 0 Å². The highest BCUT2D eigenvalue weighted by Gasteiger charge is 2.27. The SMILES string of the molecule is Cc1c(C)c(C)c2c(S(=O)c3c(C)c(C)c(C)c4c(C)c(C)c(C)c(C)c34)c(C)c(C)c(C)c2c1C. The van der Waals surface area contributed by atoms with Gasteiger partial charge in [-0.05, 0) is 186 Å². The van der Waals surface area contributed by atoms with Gasteiger partial charge in [-0.25, -0.2) is 4.21 Å². The van der Waals surface area contributed by atoms with E-state index in [1.54, 1.807) is 0 Å². The lowest BCUT2D eigenvalue weighted by Crippen LogP contribution is -2.10. The van der Waals surface area contributed by atoms with E-state index in [-0.39, 0.29) is 0 Å². The van der Waals surface area contributed by atoms with Crippen LogP contribution in [0.15, 0.2) is 9.79 Å². The number of fused-ring (bicyclic) bond motifs is 2. The molecule has 0 aliphatic heterocycles. The van der Waals surface area contributed by atoms with Crippen molar-refractivity contribution in [3.05, 3.63) is 77.9 Å². The molecule has 0 aliphatic rings. The first-order chi connectivity index (χ1) is 16.7. The molecule has 4 rings (SSSR count). The molecular formula is C34H42OS. The molecule has 0 unspecified atom stereocenters. The van der Waals surface area contributed by atoms with Crippen molar-refractivity contribution in [2.75, 3.05) is 0 Å². The highest BCUT2D eigenvalue weighted by molar-refractivity contribution is 7.85. The number of hydrogen-bond acceptors (Lipinski definition) is 1. The molecule has 0 N–H and O–H groups in total. The lowest BCUT2D eigenvalue weighted by molar-refractivity contribution is 0.683. The van der Waals surface area contributed by atoms with Gasteiger partial charge in [-0.3, -0.25) is 0 Å². The summed E-state index contributed by atoms with van der Waals surface area (Å²) < 4.78 is 15.1. The first-order valence-corrected chi connectivity index (χ1v) is 14.2. The summed E-state index contributed by atoms with van der Waals surface area (Å²) in [6.45, 7) is 31.0. The van der Waals surface area contributed by atoms with E-state index in [4.69, 9.17) is 0 Å². The van der Waals surface area contributed by atoms with Crippen LogP contribution in [0.25, 0.3) is 21.5 Å². The van der Waals surface area contributed by atoms with Gasteiger partial charge in [0.15, 0.2) is 0 Å². The van der Waals surface area contributed by atoms with E-state index < -0.39 is 10.8 Å². The van der Waals surface area contributed by atoms with Crippen molar-refractivity contribution in [3.8, 4) is 0 Å². The van der Waals surface area contributed by atoms with Crippen LogP contribution in [0.1, 0.15) is 77.9 Å². The Balaban J connectivity index is 2.31. The molecule has 190 valence electrons. The molecule has 0 spiro atoms. The zero-order chi connectivity index (χ0) is 27.1. The van der Waals surface area contributed by atoms with Crippen LogP contribution < -0.4 is 0 Å². The van der Waals surface area contributed by atoms with Crippen molar-refractivity contribution in [2.24, 2.45) is 0 Å². The molecule has 0 amide bonds. The number of rotatable bonds is 2. The van der Waals surface area contributed by atoms with Crippen LogP contribution in [0, 0.1) is 96.9 Å². The lowest BCUT2D eigenvalue weighted by atomic mass is 9.86. The molecule has 4 aromatic carbocycles. The molecule has 0 saturated carbocycles. The molecule has 0 atom stereocenters. The minimum atomic E-state index is -1.32. The molecule has 0 heterocycles. The summed E-state index contributed by atoms with van der Waals surface area (Å²) in [7, 11) is -1.32. The molecule has 0 aliphatic carbocycles. The molecular weight excluding hydrogens is 456 g/mol. The number of hydrogen-bond donors (Lipinski definition) is 0. The van der Waals surface area contributed by atoms with Crippen molar-refractivity contribution >= 4 is 32.3 Å². The Hall–Kier alpha value is -2.45.